The summed E-state index contributed by atoms with van der Waals surface area (Å²) in [7, 11) is 0. The molecule has 2 aromatic rings. The van der Waals surface area contributed by atoms with Gasteiger partial charge in [0.1, 0.15) is 18.9 Å². The van der Waals surface area contributed by atoms with E-state index < -0.39 is 0 Å². The Labute approximate surface area is 112 Å². The van der Waals surface area contributed by atoms with Crippen LogP contribution in [0.3, 0.4) is 0 Å². The fourth-order valence-corrected chi connectivity index (χ4v) is 1.87. The number of ether oxygens (including phenoxy) is 1. The van der Waals surface area contributed by atoms with Gasteiger partial charge in [0.2, 0.25) is 0 Å². The maximum absolute atomic E-state index is 10.4. The summed E-state index contributed by atoms with van der Waals surface area (Å²) in [6, 6.07) is 15.3. The van der Waals surface area contributed by atoms with Crippen LogP contribution in [0.25, 0.3) is 6.08 Å². The minimum atomic E-state index is 0.124. The standard InChI is InChI=1S/C16H15NO2/c1-2-13-7-3-4-9-15(13)12-19-16-10-6-5-8-14(16)11-17-18/h2-10H,1,11-12H2. The third-order valence-corrected chi connectivity index (χ3v) is 2.87. The molecular weight excluding hydrogens is 238 g/mol. The zero-order chi connectivity index (χ0) is 13.5. The molecule has 0 aliphatic heterocycles. The number of nitrogens with zero attached hydrogens (tertiary/aromatic N) is 1. The van der Waals surface area contributed by atoms with Gasteiger partial charge in [-0.1, -0.05) is 60.3 Å². The Morgan fingerprint density at radius 2 is 1.74 bits per heavy atom. The minimum Gasteiger partial charge on any atom is -0.489 e. The summed E-state index contributed by atoms with van der Waals surface area (Å²) in [4.78, 5) is 10.4. The monoisotopic (exact) mass is 253 g/mol. The Kier molecular flexibility index (Phi) is 4.45. The van der Waals surface area contributed by atoms with Gasteiger partial charge in [-0.25, -0.2) is 0 Å². The highest BCUT2D eigenvalue weighted by Crippen LogP contribution is 2.21. The molecule has 0 aliphatic rings. The summed E-state index contributed by atoms with van der Waals surface area (Å²) in [5.41, 5.74) is 2.91. The van der Waals surface area contributed by atoms with Crippen molar-refractivity contribution in [3.05, 3.63) is 76.7 Å². The van der Waals surface area contributed by atoms with Crippen molar-refractivity contribution < 1.29 is 4.74 Å². The predicted octanol–water partition coefficient (Wildman–Crippen LogP) is 4.18. The Bertz CT molecular complexity index is 578. The van der Waals surface area contributed by atoms with Crippen LogP contribution >= 0.6 is 0 Å². The first kappa shape index (κ1) is 13.0. The second kappa shape index (κ2) is 6.50. The van der Waals surface area contributed by atoms with Crippen molar-refractivity contribution in [1.82, 2.24) is 0 Å². The van der Waals surface area contributed by atoms with Crippen molar-refractivity contribution in [2.45, 2.75) is 13.2 Å². The maximum Gasteiger partial charge on any atom is 0.125 e. The predicted molar refractivity (Wildman–Crippen MR) is 76.8 cm³/mol. The Morgan fingerprint density at radius 3 is 2.47 bits per heavy atom. The molecule has 2 rings (SSSR count). The highest BCUT2D eigenvalue weighted by atomic mass is 16.5. The molecule has 19 heavy (non-hydrogen) atoms. The number of para-hydroxylation sites is 1. The fourth-order valence-electron chi connectivity index (χ4n) is 1.87. The van der Waals surface area contributed by atoms with Crippen LogP contribution in [0.4, 0.5) is 0 Å². The van der Waals surface area contributed by atoms with E-state index in [0.717, 1.165) is 16.7 Å². The molecule has 2 aromatic carbocycles. The lowest BCUT2D eigenvalue weighted by molar-refractivity contribution is 0.303. The average molecular weight is 253 g/mol. The van der Waals surface area contributed by atoms with E-state index in [1.54, 1.807) is 6.08 Å². The van der Waals surface area contributed by atoms with Gasteiger partial charge in [-0.15, -0.1) is 0 Å². The van der Waals surface area contributed by atoms with Gasteiger partial charge >= 0.3 is 0 Å². The first-order valence-corrected chi connectivity index (χ1v) is 6.05. The van der Waals surface area contributed by atoms with Crippen molar-refractivity contribution in [3.63, 3.8) is 0 Å². The molecule has 96 valence electrons. The molecule has 0 spiro atoms. The molecule has 0 saturated carbocycles. The van der Waals surface area contributed by atoms with Gasteiger partial charge in [-0.05, 0) is 17.2 Å². The number of nitroso groups, excluding NO2 is 1. The van der Waals surface area contributed by atoms with Gasteiger partial charge in [-0.3, -0.25) is 0 Å². The van der Waals surface area contributed by atoms with E-state index in [2.05, 4.69) is 11.8 Å². The molecule has 3 nitrogen and oxygen atoms in total. The maximum atomic E-state index is 10.4. The fraction of sp³-hybridized carbons (Fsp3) is 0.125. The van der Waals surface area contributed by atoms with Crippen molar-refractivity contribution in [1.29, 1.82) is 0 Å². The molecule has 0 aromatic heterocycles. The van der Waals surface area contributed by atoms with Gasteiger partial charge in [0, 0.05) is 5.56 Å². The van der Waals surface area contributed by atoms with Crippen molar-refractivity contribution in [2.24, 2.45) is 5.18 Å². The minimum absolute atomic E-state index is 0.124. The van der Waals surface area contributed by atoms with Crippen LogP contribution in [0.5, 0.6) is 5.75 Å². The zero-order valence-corrected chi connectivity index (χ0v) is 10.6. The smallest absolute Gasteiger partial charge is 0.125 e. The summed E-state index contributed by atoms with van der Waals surface area (Å²) in [5.74, 6) is 0.695. The van der Waals surface area contributed by atoms with Crippen LogP contribution in [-0.2, 0) is 13.2 Å². The van der Waals surface area contributed by atoms with E-state index in [1.807, 2.05) is 48.5 Å². The van der Waals surface area contributed by atoms with Crippen molar-refractivity contribution in [3.8, 4) is 5.75 Å². The molecule has 0 amide bonds. The topological polar surface area (TPSA) is 38.7 Å². The largest absolute Gasteiger partial charge is 0.489 e. The summed E-state index contributed by atoms with van der Waals surface area (Å²) in [6.07, 6.45) is 1.80. The van der Waals surface area contributed by atoms with Crippen LogP contribution in [0.15, 0.2) is 60.3 Å². The van der Waals surface area contributed by atoms with E-state index >= 15 is 0 Å². The first-order chi connectivity index (χ1) is 9.35. The van der Waals surface area contributed by atoms with Crippen LogP contribution in [0.2, 0.25) is 0 Å². The van der Waals surface area contributed by atoms with E-state index in [0.29, 0.717) is 12.4 Å². The lowest BCUT2D eigenvalue weighted by Gasteiger charge is -2.11. The molecule has 3 heteroatoms. The molecule has 0 atom stereocenters. The normalized spacial score (nSPS) is 9.89. The number of hydrogen-bond acceptors (Lipinski definition) is 3. The lowest BCUT2D eigenvalue weighted by Crippen LogP contribution is -1.99. The molecule has 0 unspecified atom stereocenters. The van der Waals surface area contributed by atoms with Gasteiger partial charge < -0.3 is 4.74 Å². The molecule has 0 radical (unpaired) electrons. The Morgan fingerprint density at radius 1 is 1.05 bits per heavy atom. The summed E-state index contributed by atoms with van der Waals surface area (Å²) >= 11 is 0. The molecular formula is C16H15NO2. The Hall–Kier alpha value is -2.42. The first-order valence-electron chi connectivity index (χ1n) is 6.05. The molecule has 0 fully saturated rings. The third-order valence-electron chi connectivity index (χ3n) is 2.87. The number of hydrogen-bond donors (Lipinski definition) is 0. The average Bonchev–Trinajstić information content (AvgIpc) is 2.47. The Balaban J connectivity index is 2.14. The lowest BCUT2D eigenvalue weighted by atomic mass is 10.1. The summed E-state index contributed by atoms with van der Waals surface area (Å²) in [6.45, 7) is 4.35. The molecule has 0 saturated heterocycles. The van der Waals surface area contributed by atoms with Gasteiger partial charge in [0.15, 0.2) is 0 Å². The third kappa shape index (κ3) is 3.28. The number of rotatable bonds is 6. The van der Waals surface area contributed by atoms with Crippen LogP contribution < -0.4 is 4.74 Å². The van der Waals surface area contributed by atoms with E-state index in [1.165, 1.54) is 0 Å². The van der Waals surface area contributed by atoms with Crippen LogP contribution in [0, 0.1) is 4.91 Å². The van der Waals surface area contributed by atoms with Crippen molar-refractivity contribution >= 4 is 6.08 Å². The highest BCUT2D eigenvalue weighted by Gasteiger charge is 2.04. The SMILES string of the molecule is C=Cc1ccccc1COc1ccccc1CN=O. The summed E-state index contributed by atoms with van der Waals surface area (Å²) < 4.78 is 5.77. The quantitative estimate of drug-likeness (QED) is 0.724. The molecule has 0 N–H and O–H groups in total. The summed E-state index contributed by atoms with van der Waals surface area (Å²) in [5, 5.41) is 2.91. The van der Waals surface area contributed by atoms with E-state index in [4.69, 9.17) is 4.74 Å². The second-order valence-electron chi connectivity index (χ2n) is 4.09. The molecule has 0 aliphatic carbocycles. The van der Waals surface area contributed by atoms with Crippen LogP contribution in [-0.4, -0.2) is 0 Å². The number of benzene rings is 2. The highest BCUT2D eigenvalue weighted by molar-refractivity contribution is 5.51. The van der Waals surface area contributed by atoms with Crippen molar-refractivity contribution in [2.75, 3.05) is 0 Å². The van der Waals surface area contributed by atoms with Gasteiger partial charge in [-0.2, -0.15) is 4.91 Å². The molecule has 0 bridgehead atoms. The second-order valence-corrected chi connectivity index (χ2v) is 4.09. The van der Waals surface area contributed by atoms with Gasteiger partial charge in [0.05, 0.1) is 0 Å². The molecule has 0 heterocycles. The van der Waals surface area contributed by atoms with Gasteiger partial charge in [0.25, 0.3) is 0 Å². The van der Waals surface area contributed by atoms with E-state index in [-0.39, 0.29) is 6.54 Å². The van der Waals surface area contributed by atoms with E-state index in [9.17, 15) is 4.91 Å². The zero-order valence-electron chi connectivity index (χ0n) is 10.6. The van der Waals surface area contributed by atoms with Crippen LogP contribution in [0.1, 0.15) is 16.7 Å².